The third kappa shape index (κ3) is 2.96. The summed E-state index contributed by atoms with van der Waals surface area (Å²) < 4.78 is 0. The average Bonchev–Trinajstić information content (AvgIpc) is 2.32. The lowest BCUT2D eigenvalue weighted by atomic mass is 10.1. The van der Waals surface area contributed by atoms with E-state index >= 15 is 0 Å². The topological polar surface area (TPSA) is 59.2 Å². The van der Waals surface area contributed by atoms with E-state index in [1.807, 2.05) is 14.0 Å². The fourth-order valence-corrected chi connectivity index (χ4v) is 1.96. The van der Waals surface area contributed by atoms with Crippen molar-refractivity contribution < 1.29 is 4.79 Å². The Hall–Kier alpha value is -1.58. The molecule has 1 aromatic heterocycles. The molecule has 0 bridgehead atoms. The van der Waals surface area contributed by atoms with Crippen LogP contribution < -0.4 is 5.73 Å². The van der Waals surface area contributed by atoms with E-state index in [-0.39, 0.29) is 11.9 Å². The molecule has 17 heavy (non-hydrogen) atoms. The molecular weight excluding hydrogens is 214 g/mol. The average molecular weight is 235 g/mol. The van der Waals surface area contributed by atoms with Gasteiger partial charge in [-0.1, -0.05) is 13.8 Å². The van der Waals surface area contributed by atoms with Gasteiger partial charge >= 0.3 is 0 Å². The van der Waals surface area contributed by atoms with Crippen molar-refractivity contribution in [3.05, 3.63) is 23.5 Å². The SMILES string of the molecule is CCC(CC)N(C)C(=O)c1cc(N)cnc1C. The quantitative estimate of drug-likeness (QED) is 0.870. The molecule has 0 fully saturated rings. The number of aryl methyl sites for hydroxylation is 1. The fourth-order valence-electron chi connectivity index (χ4n) is 1.96. The van der Waals surface area contributed by atoms with Crippen molar-refractivity contribution in [1.29, 1.82) is 0 Å². The molecule has 1 heterocycles. The van der Waals surface area contributed by atoms with E-state index in [9.17, 15) is 4.79 Å². The number of nitrogens with zero attached hydrogens (tertiary/aromatic N) is 2. The highest BCUT2D eigenvalue weighted by molar-refractivity contribution is 5.96. The largest absolute Gasteiger partial charge is 0.397 e. The highest BCUT2D eigenvalue weighted by Crippen LogP contribution is 2.15. The second kappa shape index (κ2) is 5.66. The first kappa shape index (κ1) is 13.5. The first-order chi connectivity index (χ1) is 8.01. The van der Waals surface area contributed by atoms with Gasteiger partial charge in [0.25, 0.3) is 5.91 Å². The van der Waals surface area contributed by atoms with Gasteiger partial charge in [-0.15, -0.1) is 0 Å². The van der Waals surface area contributed by atoms with Crippen LogP contribution in [0.2, 0.25) is 0 Å². The molecule has 1 rings (SSSR count). The Morgan fingerprint density at radius 2 is 2.06 bits per heavy atom. The number of hydrogen-bond donors (Lipinski definition) is 1. The van der Waals surface area contributed by atoms with E-state index in [1.54, 1.807) is 17.2 Å². The van der Waals surface area contributed by atoms with E-state index in [2.05, 4.69) is 18.8 Å². The molecule has 0 spiro atoms. The summed E-state index contributed by atoms with van der Waals surface area (Å²) in [6.45, 7) is 6.00. The number of nitrogen functional groups attached to an aromatic ring is 1. The fraction of sp³-hybridized carbons (Fsp3) is 0.538. The molecule has 0 radical (unpaired) electrons. The monoisotopic (exact) mass is 235 g/mol. The first-order valence-corrected chi connectivity index (χ1v) is 6.00. The summed E-state index contributed by atoms with van der Waals surface area (Å²) in [5, 5.41) is 0. The van der Waals surface area contributed by atoms with Gasteiger partial charge in [0.2, 0.25) is 0 Å². The van der Waals surface area contributed by atoms with Crippen LogP contribution in [0.25, 0.3) is 0 Å². The maximum atomic E-state index is 12.3. The summed E-state index contributed by atoms with van der Waals surface area (Å²) in [6.07, 6.45) is 3.48. The Bertz CT molecular complexity index is 400. The zero-order valence-corrected chi connectivity index (χ0v) is 11.0. The molecule has 0 aromatic carbocycles. The molecule has 0 aliphatic carbocycles. The van der Waals surface area contributed by atoms with Crippen molar-refractivity contribution >= 4 is 11.6 Å². The summed E-state index contributed by atoms with van der Waals surface area (Å²) in [7, 11) is 1.84. The maximum Gasteiger partial charge on any atom is 0.255 e. The van der Waals surface area contributed by atoms with E-state index in [0.717, 1.165) is 18.5 Å². The number of carbonyl (C=O) groups excluding carboxylic acids is 1. The molecule has 4 heteroatoms. The lowest BCUT2D eigenvalue weighted by molar-refractivity contribution is 0.0722. The van der Waals surface area contributed by atoms with Gasteiger partial charge in [0.05, 0.1) is 23.1 Å². The number of hydrogen-bond acceptors (Lipinski definition) is 3. The maximum absolute atomic E-state index is 12.3. The molecule has 1 aromatic rings. The zero-order valence-electron chi connectivity index (χ0n) is 11.0. The van der Waals surface area contributed by atoms with Gasteiger partial charge in [0.1, 0.15) is 0 Å². The smallest absolute Gasteiger partial charge is 0.255 e. The van der Waals surface area contributed by atoms with Crippen molar-refractivity contribution in [2.45, 2.75) is 39.7 Å². The number of rotatable bonds is 4. The predicted molar refractivity (Wildman–Crippen MR) is 69.8 cm³/mol. The highest BCUT2D eigenvalue weighted by Gasteiger charge is 2.20. The molecule has 0 aliphatic heterocycles. The number of aromatic nitrogens is 1. The van der Waals surface area contributed by atoms with E-state index < -0.39 is 0 Å². The number of carbonyl (C=O) groups is 1. The van der Waals surface area contributed by atoms with Gasteiger partial charge in [-0.3, -0.25) is 9.78 Å². The van der Waals surface area contributed by atoms with E-state index in [4.69, 9.17) is 5.73 Å². The first-order valence-electron chi connectivity index (χ1n) is 6.00. The molecule has 0 aliphatic rings. The third-order valence-corrected chi connectivity index (χ3v) is 3.15. The van der Waals surface area contributed by atoms with Crippen LogP contribution in [0.3, 0.4) is 0 Å². The Labute approximate surface area is 103 Å². The Morgan fingerprint density at radius 1 is 1.47 bits per heavy atom. The van der Waals surface area contributed by atoms with Crippen LogP contribution in [0, 0.1) is 6.92 Å². The van der Waals surface area contributed by atoms with Crippen molar-refractivity contribution in [2.75, 3.05) is 12.8 Å². The molecule has 2 N–H and O–H groups in total. The van der Waals surface area contributed by atoms with Gasteiger partial charge in [-0.2, -0.15) is 0 Å². The molecule has 0 saturated heterocycles. The van der Waals surface area contributed by atoms with Crippen molar-refractivity contribution in [1.82, 2.24) is 9.88 Å². The minimum Gasteiger partial charge on any atom is -0.397 e. The highest BCUT2D eigenvalue weighted by atomic mass is 16.2. The summed E-state index contributed by atoms with van der Waals surface area (Å²) >= 11 is 0. The van der Waals surface area contributed by atoms with Crippen LogP contribution in [0.15, 0.2) is 12.3 Å². The minimum atomic E-state index is -0.00370. The minimum absolute atomic E-state index is 0.00370. The van der Waals surface area contributed by atoms with E-state index in [0.29, 0.717) is 11.3 Å². The lowest BCUT2D eigenvalue weighted by Crippen LogP contribution is -2.36. The van der Waals surface area contributed by atoms with Gasteiger partial charge in [0.15, 0.2) is 0 Å². The normalized spacial score (nSPS) is 10.6. The summed E-state index contributed by atoms with van der Waals surface area (Å²) in [4.78, 5) is 18.2. The number of pyridine rings is 1. The van der Waals surface area contributed by atoms with Crippen molar-refractivity contribution in [2.24, 2.45) is 0 Å². The molecule has 94 valence electrons. The Morgan fingerprint density at radius 3 is 2.59 bits per heavy atom. The van der Waals surface area contributed by atoms with E-state index in [1.165, 1.54) is 0 Å². The Kier molecular flexibility index (Phi) is 4.49. The van der Waals surface area contributed by atoms with Crippen LogP contribution in [-0.4, -0.2) is 28.9 Å². The summed E-state index contributed by atoms with van der Waals surface area (Å²) in [5.41, 5.74) is 7.52. The van der Waals surface area contributed by atoms with Crippen LogP contribution >= 0.6 is 0 Å². The van der Waals surface area contributed by atoms with Gasteiger partial charge in [-0.25, -0.2) is 0 Å². The van der Waals surface area contributed by atoms with Crippen LogP contribution in [-0.2, 0) is 0 Å². The summed E-state index contributed by atoms with van der Waals surface area (Å²) in [6, 6.07) is 1.96. The third-order valence-electron chi connectivity index (χ3n) is 3.15. The molecule has 0 saturated carbocycles. The summed E-state index contributed by atoms with van der Waals surface area (Å²) in [5.74, 6) is -0.00370. The number of amides is 1. The number of nitrogens with two attached hydrogens (primary N) is 1. The van der Waals surface area contributed by atoms with Crippen molar-refractivity contribution in [3.8, 4) is 0 Å². The second-order valence-electron chi connectivity index (χ2n) is 4.29. The molecule has 0 unspecified atom stereocenters. The Balaban J connectivity index is 2.99. The van der Waals surface area contributed by atoms with Crippen molar-refractivity contribution in [3.63, 3.8) is 0 Å². The van der Waals surface area contributed by atoms with Gasteiger partial charge < -0.3 is 10.6 Å². The van der Waals surface area contributed by atoms with Crippen LogP contribution in [0.4, 0.5) is 5.69 Å². The zero-order chi connectivity index (χ0) is 13.0. The molecule has 0 atom stereocenters. The number of anilines is 1. The van der Waals surface area contributed by atoms with Gasteiger partial charge in [0, 0.05) is 13.1 Å². The molecular formula is C13H21N3O. The van der Waals surface area contributed by atoms with Gasteiger partial charge in [-0.05, 0) is 25.8 Å². The van der Waals surface area contributed by atoms with Crippen LogP contribution in [0.1, 0.15) is 42.7 Å². The lowest BCUT2D eigenvalue weighted by Gasteiger charge is -2.26. The molecule has 4 nitrogen and oxygen atoms in total. The van der Waals surface area contributed by atoms with Crippen LogP contribution in [0.5, 0.6) is 0 Å². The predicted octanol–water partition coefficient (Wildman–Crippen LogP) is 2.23. The molecule has 1 amide bonds. The standard InChI is InChI=1S/C13H21N3O/c1-5-11(6-2)16(4)13(17)12-7-10(14)8-15-9(12)3/h7-8,11H,5-6,14H2,1-4H3. The second-order valence-corrected chi connectivity index (χ2v) is 4.29.